The normalized spacial score (nSPS) is 22.4. The number of nitrogens with one attached hydrogen (secondary N) is 1. The van der Waals surface area contributed by atoms with Crippen molar-refractivity contribution in [2.24, 2.45) is 0 Å². The SMILES string of the molecule is CN(CC(=O)N1CCOC(Cc2ccccc2Cl)C1)C1CCNCC1. The number of rotatable bonds is 5. The first-order valence-electron chi connectivity index (χ1n) is 9.17. The van der Waals surface area contributed by atoms with Gasteiger partial charge in [-0.05, 0) is 44.6 Å². The van der Waals surface area contributed by atoms with E-state index in [1.54, 1.807) is 0 Å². The summed E-state index contributed by atoms with van der Waals surface area (Å²) in [6.07, 6.45) is 2.99. The molecule has 0 aromatic heterocycles. The van der Waals surface area contributed by atoms with Crippen LogP contribution in [0.1, 0.15) is 18.4 Å². The second-order valence-electron chi connectivity index (χ2n) is 7.02. The Morgan fingerprint density at radius 2 is 2.12 bits per heavy atom. The van der Waals surface area contributed by atoms with Gasteiger partial charge in [0.05, 0.1) is 19.3 Å². The number of likely N-dealkylation sites (N-methyl/N-ethyl adjacent to an activating group) is 1. The summed E-state index contributed by atoms with van der Waals surface area (Å²) in [5.74, 6) is 0.202. The first kappa shape index (κ1) is 18.6. The largest absolute Gasteiger partial charge is 0.374 e. The lowest BCUT2D eigenvalue weighted by Gasteiger charge is -2.36. The molecule has 138 valence electrons. The molecule has 0 saturated carbocycles. The summed E-state index contributed by atoms with van der Waals surface area (Å²) in [6.45, 7) is 4.49. The van der Waals surface area contributed by atoms with Crippen LogP contribution < -0.4 is 5.32 Å². The van der Waals surface area contributed by atoms with E-state index < -0.39 is 0 Å². The third-order valence-electron chi connectivity index (χ3n) is 5.21. The summed E-state index contributed by atoms with van der Waals surface area (Å²) in [4.78, 5) is 16.9. The van der Waals surface area contributed by atoms with Gasteiger partial charge < -0.3 is 15.0 Å². The maximum absolute atomic E-state index is 12.7. The van der Waals surface area contributed by atoms with Crippen molar-refractivity contribution in [3.8, 4) is 0 Å². The van der Waals surface area contributed by atoms with Crippen LogP contribution in [0.2, 0.25) is 5.02 Å². The summed E-state index contributed by atoms with van der Waals surface area (Å²) in [6, 6.07) is 8.35. The molecule has 1 aromatic carbocycles. The Labute approximate surface area is 155 Å². The highest BCUT2D eigenvalue weighted by Gasteiger charge is 2.27. The van der Waals surface area contributed by atoms with E-state index >= 15 is 0 Å². The number of amides is 1. The summed E-state index contributed by atoms with van der Waals surface area (Å²) in [7, 11) is 2.07. The number of hydrogen-bond donors (Lipinski definition) is 1. The van der Waals surface area contributed by atoms with Gasteiger partial charge in [-0.3, -0.25) is 9.69 Å². The number of piperidine rings is 1. The Hall–Kier alpha value is -1.14. The van der Waals surface area contributed by atoms with Gasteiger partial charge in [0.15, 0.2) is 0 Å². The first-order valence-corrected chi connectivity index (χ1v) is 9.55. The molecule has 2 saturated heterocycles. The first-order chi connectivity index (χ1) is 12.1. The van der Waals surface area contributed by atoms with E-state index in [9.17, 15) is 4.79 Å². The Balaban J connectivity index is 1.51. The molecule has 0 aliphatic carbocycles. The van der Waals surface area contributed by atoms with Crippen molar-refractivity contribution in [2.45, 2.75) is 31.4 Å². The van der Waals surface area contributed by atoms with Gasteiger partial charge in [0.2, 0.25) is 5.91 Å². The maximum atomic E-state index is 12.7. The van der Waals surface area contributed by atoms with Crippen molar-refractivity contribution in [1.29, 1.82) is 0 Å². The molecule has 2 aliphatic heterocycles. The Bertz CT molecular complexity index is 578. The molecule has 1 unspecified atom stereocenters. The molecule has 1 N–H and O–H groups in total. The Morgan fingerprint density at radius 1 is 1.36 bits per heavy atom. The van der Waals surface area contributed by atoms with Crippen molar-refractivity contribution >= 4 is 17.5 Å². The van der Waals surface area contributed by atoms with Crippen LogP contribution in [-0.4, -0.2) is 74.2 Å². The van der Waals surface area contributed by atoms with Crippen molar-refractivity contribution in [3.63, 3.8) is 0 Å². The van der Waals surface area contributed by atoms with Gasteiger partial charge in [0.1, 0.15) is 0 Å². The van der Waals surface area contributed by atoms with E-state index in [0.29, 0.717) is 32.3 Å². The highest BCUT2D eigenvalue weighted by atomic mass is 35.5. The van der Waals surface area contributed by atoms with Crippen LogP contribution in [0, 0.1) is 0 Å². The van der Waals surface area contributed by atoms with Crippen molar-refractivity contribution in [2.75, 3.05) is 46.4 Å². The second-order valence-corrected chi connectivity index (χ2v) is 7.43. The molecule has 2 heterocycles. The lowest BCUT2D eigenvalue weighted by molar-refractivity contribution is -0.140. The standard InChI is InChI=1S/C19H28ClN3O2/c1-22(16-6-8-21-9-7-16)14-19(24)23-10-11-25-17(13-23)12-15-4-2-3-5-18(15)20/h2-5,16-17,21H,6-14H2,1H3. The van der Waals surface area contributed by atoms with Gasteiger partial charge >= 0.3 is 0 Å². The van der Waals surface area contributed by atoms with E-state index in [-0.39, 0.29) is 12.0 Å². The van der Waals surface area contributed by atoms with Gasteiger partial charge in [-0.25, -0.2) is 0 Å². The van der Waals surface area contributed by atoms with Crippen molar-refractivity contribution in [3.05, 3.63) is 34.9 Å². The Morgan fingerprint density at radius 3 is 2.88 bits per heavy atom. The lowest BCUT2D eigenvalue weighted by atomic mass is 10.1. The van der Waals surface area contributed by atoms with Crippen LogP contribution in [-0.2, 0) is 16.0 Å². The highest BCUT2D eigenvalue weighted by Crippen LogP contribution is 2.20. The molecule has 3 rings (SSSR count). The van der Waals surface area contributed by atoms with E-state index in [1.165, 1.54) is 0 Å². The predicted molar refractivity (Wildman–Crippen MR) is 100.0 cm³/mol. The molecule has 0 radical (unpaired) electrons. The molecule has 6 heteroatoms. The number of carbonyl (C=O) groups is 1. The highest BCUT2D eigenvalue weighted by molar-refractivity contribution is 6.31. The number of carbonyl (C=O) groups excluding carboxylic acids is 1. The minimum Gasteiger partial charge on any atom is -0.374 e. The molecular weight excluding hydrogens is 338 g/mol. The average molecular weight is 366 g/mol. The zero-order valence-corrected chi connectivity index (χ0v) is 15.7. The van der Waals surface area contributed by atoms with Gasteiger partial charge in [-0.1, -0.05) is 29.8 Å². The lowest BCUT2D eigenvalue weighted by Crippen LogP contribution is -2.51. The van der Waals surface area contributed by atoms with Crippen LogP contribution in [0.25, 0.3) is 0 Å². The van der Waals surface area contributed by atoms with Gasteiger partial charge in [-0.2, -0.15) is 0 Å². The fourth-order valence-corrected chi connectivity index (χ4v) is 3.88. The minimum absolute atomic E-state index is 0.0155. The fraction of sp³-hybridized carbons (Fsp3) is 0.632. The molecule has 2 aliphatic rings. The molecule has 25 heavy (non-hydrogen) atoms. The zero-order valence-electron chi connectivity index (χ0n) is 14.9. The molecule has 0 spiro atoms. The van der Waals surface area contributed by atoms with Crippen LogP contribution in [0.15, 0.2) is 24.3 Å². The van der Waals surface area contributed by atoms with Crippen LogP contribution in [0.3, 0.4) is 0 Å². The number of halogens is 1. The summed E-state index contributed by atoms with van der Waals surface area (Å²) >= 11 is 6.25. The molecular formula is C19H28ClN3O2. The van der Waals surface area contributed by atoms with Gasteiger partial charge in [0.25, 0.3) is 0 Å². The zero-order chi connectivity index (χ0) is 17.6. The molecule has 0 bridgehead atoms. The quantitative estimate of drug-likeness (QED) is 0.864. The van der Waals surface area contributed by atoms with Crippen LogP contribution >= 0.6 is 11.6 Å². The number of hydrogen-bond acceptors (Lipinski definition) is 4. The second kappa shape index (κ2) is 8.99. The number of benzene rings is 1. The third-order valence-corrected chi connectivity index (χ3v) is 5.58. The molecule has 1 atom stereocenters. The van der Waals surface area contributed by atoms with Gasteiger partial charge in [-0.15, -0.1) is 0 Å². The average Bonchev–Trinajstić information content (AvgIpc) is 2.64. The maximum Gasteiger partial charge on any atom is 0.236 e. The topological polar surface area (TPSA) is 44.8 Å². The summed E-state index contributed by atoms with van der Waals surface area (Å²) in [5, 5.41) is 4.13. The van der Waals surface area contributed by atoms with Crippen molar-refractivity contribution in [1.82, 2.24) is 15.1 Å². The van der Waals surface area contributed by atoms with Crippen molar-refractivity contribution < 1.29 is 9.53 Å². The van der Waals surface area contributed by atoms with E-state index in [2.05, 4.69) is 17.3 Å². The monoisotopic (exact) mass is 365 g/mol. The van der Waals surface area contributed by atoms with Crippen LogP contribution in [0.4, 0.5) is 0 Å². The van der Waals surface area contributed by atoms with E-state index in [0.717, 1.165) is 42.9 Å². The molecule has 5 nitrogen and oxygen atoms in total. The Kier molecular flexibility index (Phi) is 6.70. The van der Waals surface area contributed by atoms with E-state index in [1.807, 2.05) is 29.2 Å². The molecule has 2 fully saturated rings. The summed E-state index contributed by atoms with van der Waals surface area (Å²) < 4.78 is 5.86. The fourth-order valence-electron chi connectivity index (χ4n) is 3.67. The third kappa shape index (κ3) is 5.17. The number of morpholine rings is 1. The smallest absolute Gasteiger partial charge is 0.236 e. The van der Waals surface area contributed by atoms with E-state index in [4.69, 9.17) is 16.3 Å². The predicted octanol–water partition coefficient (Wildman–Crippen LogP) is 1.79. The van der Waals surface area contributed by atoms with Crippen LogP contribution in [0.5, 0.6) is 0 Å². The minimum atomic E-state index is 0.0155. The molecule has 1 aromatic rings. The number of ether oxygens (including phenoxy) is 1. The number of nitrogens with zero attached hydrogens (tertiary/aromatic N) is 2. The molecule has 1 amide bonds. The van der Waals surface area contributed by atoms with Gasteiger partial charge in [0, 0.05) is 30.6 Å². The summed E-state index contributed by atoms with van der Waals surface area (Å²) in [5.41, 5.74) is 1.08.